The average Bonchev–Trinajstić information content (AvgIpc) is 2.12. The molecule has 44 valence electrons. The smallest absolute Gasteiger partial charge is 0.0109 e. The van der Waals surface area contributed by atoms with Crippen molar-refractivity contribution in [1.29, 1.82) is 0 Å². The molecule has 1 atom stereocenters. The SMILES string of the molecule is C[C@@H](N)C1C=CC=C1. The Hall–Kier alpha value is -0.560. The Kier molecular flexibility index (Phi) is 1.49. The summed E-state index contributed by atoms with van der Waals surface area (Å²) in [5.74, 6) is 0.481. The standard InChI is InChI=1S/C7H11N/c1-6(8)7-4-2-3-5-7/h2-7H,8H2,1H3/t6-/m1/s1. The highest BCUT2D eigenvalue weighted by atomic mass is 14.6. The van der Waals surface area contributed by atoms with Gasteiger partial charge in [-0.2, -0.15) is 0 Å². The molecule has 0 amide bonds. The topological polar surface area (TPSA) is 26.0 Å². The first-order chi connectivity index (χ1) is 3.80. The van der Waals surface area contributed by atoms with Crippen LogP contribution in [0.15, 0.2) is 24.3 Å². The molecule has 0 saturated carbocycles. The van der Waals surface area contributed by atoms with Crippen molar-refractivity contribution in [3.05, 3.63) is 24.3 Å². The van der Waals surface area contributed by atoms with Crippen molar-refractivity contribution in [2.45, 2.75) is 13.0 Å². The van der Waals surface area contributed by atoms with Crippen LogP contribution >= 0.6 is 0 Å². The molecule has 1 nitrogen and oxygen atoms in total. The van der Waals surface area contributed by atoms with Crippen molar-refractivity contribution in [2.75, 3.05) is 0 Å². The summed E-state index contributed by atoms with van der Waals surface area (Å²) in [4.78, 5) is 0. The summed E-state index contributed by atoms with van der Waals surface area (Å²) in [6.45, 7) is 2.02. The van der Waals surface area contributed by atoms with Crippen molar-refractivity contribution in [1.82, 2.24) is 0 Å². The Balaban J connectivity index is 2.49. The van der Waals surface area contributed by atoms with Crippen LogP contribution in [0, 0.1) is 5.92 Å². The molecule has 1 aliphatic carbocycles. The Morgan fingerprint density at radius 2 is 1.88 bits per heavy atom. The Bertz CT molecular complexity index is 110. The number of hydrogen-bond donors (Lipinski definition) is 1. The first-order valence-electron chi connectivity index (χ1n) is 2.91. The summed E-state index contributed by atoms with van der Waals surface area (Å²) in [6.07, 6.45) is 8.30. The predicted octanol–water partition coefficient (Wildman–Crippen LogP) is 1.08. The van der Waals surface area contributed by atoms with E-state index in [1.807, 2.05) is 19.1 Å². The van der Waals surface area contributed by atoms with Gasteiger partial charge in [-0.05, 0) is 6.92 Å². The maximum absolute atomic E-state index is 5.60. The number of nitrogens with two attached hydrogens (primary N) is 1. The fourth-order valence-electron chi connectivity index (χ4n) is 0.800. The lowest BCUT2D eigenvalue weighted by molar-refractivity contribution is 0.640. The Morgan fingerprint density at radius 3 is 2.12 bits per heavy atom. The van der Waals surface area contributed by atoms with Gasteiger partial charge in [-0.15, -0.1) is 0 Å². The van der Waals surface area contributed by atoms with Crippen LogP contribution in [-0.4, -0.2) is 6.04 Å². The molecule has 0 aromatic carbocycles. The number of hydrogen-bond acceptors (Lipinski definition) is 1. The van der Waals surface area contributed by atoms with E-state index in [0.29, 0.717) is 5.92 Å². The van der Waals surface area contributed by atoms with Crippen molar-refractivity contribution >= 4 is 0 Å². The summed E-state index contributed by atoms with van der Waals surface area (Å²) in [5.41, 5.74) is 5.60. The van der Waals surface area contributed by atoms with Crippen LogP contribution in [0.4, 0.5) is 0 Å². The molecule has 0 fully saturated rings. The van der Waals surface area contributed by atoms with E-state index in [1.165, 1.54) is 0 Å². The fourth-order valence-corrected chi connectivity index (χ4v) is 0.800. The molecule has 0 bridgehead atoms. The molecular weight excluding hydrogens is 98.1 g/mol. The first kappa shape index (κ1) is 5.57. The Morgan fingerprint density at radius 1 is 1.38 bits per heavy atom. The van der Waals surface area contributed by atoms with Crippen LogP contribution in [-0.2, 0) is 0 Å². The van der Waals surface area contributed by atoms with Gasteiger partial charge in [0.2, 0.25) is 0 Å². The second-order valence-electron chi connectivity index (χ2n) is 2.21. The van der Waals surface area contributed by atoms with Crippen molar-refractivity contribution in [3.8, 4) is 0 Å². The summed E-state index contributed by atoms with van der Waals surface area (Å²) >= 11 is 0. The molecule has 0 aromatic rings. The van der Waals surface area contributed by atoms with Crippen LogP contribution < -0.4 is 5.73 Å². The molecule has 8 heavy (non-hydrogen) atoms. The van der Waals surface area contributed by atoms with Gasteiger partial charge < -0.3 is 5.73 Å². The van der Waals surface area contributed by atoms with E-state index in [1.54, 1.807) is 0 Å². The molecule has 0 aromatic heterocycles. The van der Waals surface area contributed by atoms with Gasteiger partial charge in [-0.1, -0.05) is 24.3 Å². The van der Waals surface area contributed by atoms with Gasteiger partial charge in [0.05, 0.1) is 0 Å². The highest BCUT2D eigenvalue weighted by Crippen LogP contribution is 2.10. The molecule has 0 heterocycles. The van der Waals surface area contributed by atoms with Crippen LogP contribution in [0.25, 0.3) is 0 Å². The second kappa shape index (κ2) is 2.14. The molecule has 0 spiro atoms. The molecule has 0 aliphatic heterocycles. The number of allylic oxidation sites excluding steroid dienone is 2. The molecule has 2 N–H and O–H groups in total. The van der Waals surface area contributed by atoms with Gasteiger partial charge >= 0.3 is 0 Å². The predicted molar refractivity (Wildman–Crippen MR) is 35.4 cm³/mol. The van der Waals surface area contributed by atoms with E-state index in [-0.39, 0.29) is 6.04 Å². The lowest BCUT2D eigenvalue weighted by Crippen LogP contribution is -2.22. The largest absolute Gasteiger partial charge is 0.327 e. The van der Waals surface area contributed by atoms with Crippen molar-refractivity contribution < 1.29 is 0 Å². The highest BCUT2D eigenvalue weighted by Gasteiger charge is 2.06. The zero-order valence-electron chi connectivity index (χ0n) is 5.04. The van der Waals surface area contributed by atoms with Gasteiger partial charge in [0.1, 0.15) is 0 Å². The number of rotatable bonds is 1. The average molecular weight is 109 g/mol. The van der Waals surface area contributed by atoms with Crippen molar-refractivity contribution in [3.63, 3.8) is 0 Å². The van der Waals surface area contributed by atoms with E-state index in [2.05, 4.69) is 12.2 Å². The third kappa shape index (κ3) is 0.984. The van der Waals surface area contributed by atoms with E-state index >= 15 is 0 Å². The van der Waals surface area contributed by atoms with Gasteiger partial charge in [-0.25, -0.2) is 0 Å². The molecule has 1 rings (SSSR count). The first-order valence-corrected chi connectivity index (χ1v) is 2.91. The maximum atomic E-state index is 5.60. The maximum Gasteiger partial charge on any atom is 0.0109 e. The van der Waals surface area contributed by atoms with Gasteiger partial charge in [-0.3, -0.25) is 0 Å². The summed E-state index contributed by atoms with van der Waals surface area (Å²) in [7, 11) is 0. The van der Waals surface area contributed by atoms with Crippen LogP contribution in [0.1, 0.15) is 6.92 Å². The zero-order valence-corrected chi connectivity index (χ0v) is 5.04. The van der Waals surface area contributed by atoms with Crippen LogP contribution in [0.5, 0.6) is 0 Å². The van der Waals surface area contributed by atoms with E-state index in [4.69, 9.17) is 5.73 Å². The quantitative estimate of drug-likeness (QED) is 0.535. The third-order valence-electron chi connectivity index (χ3n) is 1.38. The minimum atomic E-state index is 0.269. The molecule has 0 unspecified atom stereocenters. The highest BCUT2D eigenvalue weighted by molar-refractivity contribution is 5.18. The van der Waals surface area contributed by atoms with Crippen LogP contribution in [0.3, 0.4) is 0 Å². The second-order valence-corrected chi connectivity index (χ2v) is 2.21. The van der Waals surface area contributed by atoms with E-state index in [0.717, 1.165) is 0 Å². The minimum Gasteiger partial charge on any atom is -0.327 e. The fraction of sp³-hybridized carbons (Fsp3) is 0.429. The molecule has 0 saturated heterocycles. The summed E-state index contributed by atoms with van der Waals surface area (Å²) in [6, 6.07) is 0.269. The minimum absolute atomic E-state index is 0.269. The lowest BCUT2D eigenvalue weighted by atomic mass is 10.1. The summed E-state index contributed by atoms with van der Waals surface area (Å²) in [5, 5.41) is 0. The Labute approximate surface area is 49.9 Å². The van der Waals surface area contributed by atoms with Crippen LogP contribution in [0.2, 0.25) is 0 Å². The summed E-state index contributed by atoms with van der Waals surface area (Å²) < 4.78 is 0. The molecular formula is C7H11N. The normalized spacial score (nSPS) is 22.2. The monoisotopic (exact) mass is 109 g/mol. The molecule has 0 radical (unpaired) electrons. The molecule has 1 aliphatic rings. The lowest BCUT2D eigenvalue weighted by Gasteiger charge is -2.07. The van der Waals surface area contributed by atoms with E-state index in [9.17, 15) is 0 Å². The van der Waals surface area contributed by atoms with Gasteiger partial charge in [0.15, 0.2) is 0 Å². The van der Waals surface area contributed by atoms with Gasteiger partial charge in [0, 0.05) is 12.0 Å². The zero-order chi connectivity index (χ0) is 5.98. The third-order valence-corrected chi connectivity index (χ3v) is 1.38. The molecule has 1 heteroatoms. The van der Waals surface area contributed by atoms with Crippen molar-refractivity contribution in [2.24, 2.45) is 11.7 Å². The van der Waals surface area contributed by atoms with Gasteiger partial charge in [0.25, 0.3) is 0 Å². The van der Waals surface area contributed by atoms with E-state index < -0.39 is 0 Å².